The molecule has 0 aromatic heterocycles. The van der Waals surface area contributed by atoms with E-state index >= 15 is 0 Å². The molecular weight excluding hydrogens is 900 g/mol. The zero-order valence-electron chi connectivity index (χ0n) is 34.0. The van der Waals surface area contributed by atoms with Crippen molar-refractivity contribution in [3.63, 3.8) is 0 Å². The molecule has 0 bridgehead atoms. The summed E-state index contributed by atoms with van der Waals surface area (Å²) < 4.78 is 32.2. The molecule has 2 aliphatic rings. The van der Waals surface area contributed by atoms with E-state index in [0.29, 0.717) is 12.8 Å². The lowest BCUT2D eigenvalue weighted by Crippen LogP contribution is -2.50. The molecule has 0 radical (unpaired) electrons. The lowest BCUT2D eigenvalue weighted by Gasteiger charge is -2.21. The van der Waals surface area contributed by atoms with Gasteiger partial charge in [0.1, 0.15) is 13.2 Å². The maximum Gasteiger partial charge on any atom is 0.552 e. The molecule has 2 saturated heterocycles. The minimum absolute atomic E-state index is 0.00541. The first-order chi connectivity index (χ1) is 29.3. The first-order valence-corrected chi connectivity index (χ1v) is 20.9. The average molecular weight is 944 g/mol. The van der Waals surface area contributed by atoms with Crippen LogP contribution in [0.3, 0.4) is 0 Å². The number of carbonyl (C=O) groups excluding carboxylic acids is 8. The number of amides is 4. The van der Waals surface area contributed by atoms with Gasteiger partial charge in [0.15, 0.2) is 12.2 Å². The Balaban J connectivity index is 1.17. The Labute approximate surface area is 377 Å². The van der Waals surface area contributed by atoms with Crippen LogP contribution < -0.4 is 21.3 Å². The minimum atomic E-state index is -1.36. The molecule has 0 saturated carbocycles. The van der Waals surface area contributed by atoms with Gasteiger partial charge in [-0.1, -0.05) is 74.1 Å². The van der Waals surface area contributed by atoms with Gasteiger partial charge >= 0.3 is 38.1 Å². The number of carbonyl (C=O) groups is 8. The van der Waals surface area contributed by atoms with E-state index in [1.807, 2.05) is 27.7 Å². The molecule has 4 amide bonds. The summed E-state index contributed by atoms with van der Waals surface area (Å²) in [7, 11) is -2.50. The first-order valence-electron chi connectivity index (χ1n) is 19.4. The second kappa shape index (κ2) is 23.7. The molecule has 2 aromatic rings. The number of ether oxygens (including phenoxy) is 2. The fraction of sp³-hybridized carbons (Fsp3) is 0.474. The highest BCUT2D eigenvalue weighted by molar-refractivity contribution is 6.52. The van der Waals surface area contributed by atoms with Crippen LogP contribution in [-0.2, 0) is 56.9 Å². The average Bonchev–Trinajstić information content (AvgIpc) is 3.75. The van der Waals surface area contributed by atoms with Crippen molar-refractivity contribution in [1.29, 1.82) is 0 Å². The Hall–Kier alpha value is -4.59. The van der Waals surface area contributed by atoms with Crippen molar-refractivity contribution in [1.82, 2.24) is 21.3 Å². The Morgan fingerprint density at radius 1 is 0.629 bits per heavy atom. The molecule has 0 aliphatic carbocycles. The molecule has 2 aliphatic heterocycles. The Bertz CT molecular complexity index is 1870. The van der Waals surface area contributed by atoms with Crippen LogP contribution in [0.4, 0.5) is 0 Å². The van der Waals surface area contributed by atoms with Crippen LogP contribution in [-0.4, -0.2) is 112 Å². The Morgan fingerprint density at radius 2 is 1.00 bits per heavy atom. The van der Waals surface area contributed by atoms with E-state index in [4.69, 9.17) is 74.5 Å². The van der Waals surface area contributed by atoms with E-state index in [2.05, 4.69) is 21.3 Å². The predicted octanol–water partition coefficient (Wildman–Crippen LogP) is 3.33. The van der Waals surface area contributed by atoms with E-state index in [1.54, 1.807) is 0 Å². The quantitative estimate of drug-likeness (QED) is 0.0798. The van der Waals surface area contributed by atoms with Gasteiger partial charge in [0.05, 0.1) is 59.0 Å². The highest BCUT2D eigenvalue weighted by Gasteiger charge is 2.48. The van der Waals surface area contributed by atoms with Crippen molar-refractivity contribution in [2.75, 3.05) is 26.3 Å². The third-order valence-electron chi connectivity index (χ3n) is 8.87. The van der Waals surface area contributed by atoms with Crippen molar-refractivity contribution in [2.24, 2.45) is 11.8 Å². The van der Waals surface area contributed by atoms with Crippen LogP contribution in [0.15, 0.2) is 36.4 Å². The number of rotatable bonds is 21. The molecule has 334 valence electrons. The standard InChI is InChI=1S/C38H44B2Cl4N4O14/c1-19(2)11-29(47-31(49)17-45-35(53)23-13-21(41)5-7-25(23)43)39-59-27(37(55)61-39)15-33(51)57-9-10-58-34(52)16-28-38(56)62-40(60-28)30(12-20(3)4)48-32(50)18-46-36(54)24-14-22(42)6-8-26(24)44/h5-8,13-14,19-20,27-30H,9-12,15-18H2,1-4H3,(H,45,53)(H,46,54)(H,47,49)(H,48,50)/t27-,28-,29?,30?/m0/s1. The van der Waals surface area contributed by atoms with E-state index < -0.39 is 125 Å². The van der Waals surface area contributed by atoms with Gasteiger partial charge in [0, 0.05) is 10.0 Å². The normalized spacial score (nSPS) is 16.9. The van der Waals surface area contributed by atoms with Gasteiger partial charge < -0.3 is 49.4 Å². The monoisotopic (exact) mass is 942 g/mol. The summed E-state index contributed by atoms with van der Waals surface area (Å²) in [6, 6.07) is 8.62. The lowest BCUT2D eigenvalue weighted by atomic mass is 9.74. The second-order valence-corrected chi connectivity index (χ2v) is 16.6. The van der Waals surface area contributed by atoms with E-state index in [0.717, 1.165) is 0 Å². The molecule has 0 spiro atoms. The fourth-order valence-electron chi connectivity index (χ4n) is 6.08. The molecule has 18 nitrogen and oxygen atoms in total. The van der Waals surface area contributed by atoms with Crippen LogP contribution in [0.1, 0.15) is 74.1 Å². The third-order valence-corrected chi connectivity index (χ3v) is 10.00. The molecule has 2 fully saturated rings. The highest BCUT2D eigenvalue weighted by Crippen LogP contribution is 2.24. The summed E-state index contributed by atoms with van der Waals surface area (Å²) in [5, 5.41) is 11.1. The SMILES string of the molecule is CC(C)CC(NC(=O)CNC(=O)c1cc(Cl)ccc1Cl)B1OC(=O)[C@H](CC(=O)OCCOC(=O)C[C@@H]2OB(C(CC(C)C)NC(=O)CNC(=O)c3cc(Cl)ccc3Cl)OC2=O)O1. The molecule has 2 aromatic carbocycles. The summed E-state index contributed by atoms with van der Waals surface area (Å²) in [5.41, 5.74) is 0.151. The number of esters is 2. The van der Waals surface area contributed by atoms with Crippen molar-refractivity contribution < 1.29 is 66.4 Å². The molecular formula is C38H44B2Cl4N4O14. The zero-order valence-corrected chi connectivity index (χ0v) is 37.0. The third kappa shape index (κ3) is 15.6. The molecule has 24 heteroatoms. The van der Waals surface area contributed by atoms with Gasteiger partial charge in [0.25, 0.3) is 11.8 Å². The summed E-state index contributed by atoms with van der Waals surface area (Å²) in [4.78, 5) is 101. The van der Waals surface area contributed by atoms with Gasteiger partial charge in [0.2, 0.25) is 11.8 Å². The van der Waals surface area contributed by atoms with E-state index in [1.165, 1.54) is 36.4 Å². The highest BCUT2D eigenvalue weighted by atomic mass is 35.5. The molecule has 2 unspecified atom stereocenters. The number of nitrogens with one attached hydrogen (secondary N) is 4. The smallest absolute Gasteiger partial charge is 0.506 e. The van der Waals surface area contributed by atoms with Crippen molar-refractivity contribution in [3.05, 3.63) is 67.6 Å². The van der Waals surface area contributed by atoms with E-state index in [-0.39, 0.29) is 43.1 Å². The molecule has 4 N–H and O–H groups in total. The largest absolute Gasteiger partial charge is 0.552 e. The fourth-order valence-corrected chi connectivity index (χ4v) is 6.83. The summed E-state index contributed by atoms with van der Waals surface area (Å²) in [6.07, 6.45) is -3.21. The van der Waals surface area contributed by atoms with Gasteiger partial charge in [-0.3, -0.25) is 38.4 Å². The maximum atomic E-state index is 12.8. The van der Waals surface area contributed by atoms with Crippen molar-refractivity contribution in [3.8, 4) is 0 Å². The number of benzene rings is 2. The molecule has 4 atom stereocenters. The van der Waals surface area contributed by atoms with Crippen LogP contribution in [0.5, 0.6) is 0 Å². The van der Waals surface area contributed by atoms with Crippen LogP contribution >= 0.6 is 46.4 Å². The molecule has 4 rings (SSSR count). The number of hydrogen-bond donors (Lipinski definition) is 4. The first kappa shape index (κ1) is 50.1. The Morgan fingerprint density at radius 3 is 1.35 bits per heavy atom. The maximum absolute atomic E-state index is 12.8. The van der Waals surface area contributed by atoms with Crippen LogP contribution in [0, 0.1) is 11.8 Å². The van der Waals surface area contributed by atoms with Gasteiger partial charge in [-0.05, 0) is 61.1 Å². The van der Waals surface area contributed by atoms with Crippen molar-refractivity contribution in [2.45, 2.75) is 77.5 Å². The predicted molar refractivity (Wildman–Crippen MR) is 225 cm³/mol. The Kier molecular flexibility index (Phi) is 19.2. The van der Waals surface area contributed by atoms with Gasteiger partial charge in [-0.2, -0.15) is 0 Å². The topological polar surface area (TPSA) is 240 Å². The summed E-state index contributed by atoms with van der Waals surface area (Å²) in [5.74, 6) is -7.66. The zero-order chi connectivity index (χ0) is 45.7. The number of halogens is 4. The summed E-state index contributed by atoms with van der Waals surface area (Å²) >= 11 is 24.0. The lowest BCUT2D eigenvalue weighted by molar-refractivity contribution is -0.156. The molecule has 62 heavy (non-hydrogen) atoms. The van der Waals surface area contributed by atoms with Gasteiger partial charge in [-0.25, -0.2) is 0 Å². The summed E-state index contributed by atoms with van der Waals surface area (Å²) in [6.45, 7) is 5.76. The van der Waals surface area contributed by atoms with E-state index in [9.17, 15) is 38.4 Å². The second-order valence-electron chi connectivity index (χ2n) is 14.9. The van der Waals surface area contributed by atoms with Crippen LogP contribution in [0.25, 0.3) is 0 Å². The van der Waals surface area contributed by atoms with Gasteiger partial charge in [-0.15, -0.1) is 0 Å². The number of hydrogen-bond acceptors (Lipinski definition) is 14. The molecule has 2 heterocycles. The van der Waals surface area contributed by atoms with Crippen LogP contribution in [0.2, 0.25) is 20.1 Å². The van der Waals surface area contributed by atoms with Crippen molar-refractivity contribution >= 4 is 108 Å². The minimum Gasteiger partial charge on any atom is -0.506 e.